The predicted molar refractivity (Wildman–Crippen MR) is 60.4 cm³/mol. The zero-order chi connectivity index (χ0) is 10.6. The lowest BCUT2D eigenvalue weighted by atomic mass is 10.0. The number of hydrogen-bond donors (Lipinski definition) is 0. The minimum atomic E-state index is -0.161. The molecule has 14 heavy (non-hydrogen) atoms. The maximum atomic E-state index is 11.4. The third kappa shape index (κ3) is 2.51. The van der Waals surface area contributed by atoms with Crippen molar-refractivity contribution in [3.8, 4) is 0 Å². The average molecular weight is 318 g/mol. The van der Waals surface area contributed by atoms with E-state index in [0.717, 1.165) is 0 Å². The van der Waals surface area contributed by atoms with E-state index >= 15 is 0 Å². The molecule has 2 nitrogen and oxygen atoms in total. The van der Waals surface area contributed by atoms with Gasteiger partial charge >= 0.3 is 0 Å². The van der Waals surface area contributed by atoms with Crippen LogP contribution in [0.2, 0.25) is 0 Å². The largest absolute Gasteiger partial charge is 0.293 e. The molecule has 0 saturated carbocycles. The molecule has 4 heteroatoms. The monoisotopic (exact) mass is 316 g/mol. The van der Waals surface area contributed by atoms with E-state index in [9.17, 15) is 9.59 Å². The van der Waals surface area contributed by atoms with Gasteiger partial charge in [-0.05, 0) is 12.1 Å². The number of rotatable bonds is 4. The summed E-state index contributed by atoms with van der Waals surface area (Å²) < 4.78 is 0. The van der Waals surface area contributed by atoms with E-state index in [4.69, 9.17) is 0 Å². The Balaban J connectivity index is 3.15. The Hall–Kier alpha value is -0.480. The third-order valence-corrected chi connectivity index (χ3v) is 2.61. The Morgan fingerprint density at radius 2 is 1.36 bits per heavy atom. The molecule has 0 aliphatic rings. The van der Waals surface area contributed by atoms with Crippen molar-refractivity contribution in [2.24, 2.45) is 0 Å². The summed E-state index contributed by atoms with van der Waals surface area (Å²) >= 11 is 6.10. The first kappa shape index (κ1) is 11.6. The van der Waals surface area contributed by atoms with Gasteiger partial charge < -0.3 is 0 Å². The van der Waals surface area contributed by atoms with Crippen LogP contribution in [0, 0.1) is 12.1 Å². The van der Waals surface area contributed by atoms with Crippen molar-refractivity contribution >= 4 is 43.4 Å². The summed E-state index contributed by atoms with van der Waals surface area (Å²) in [5.41, 5.74) is 0.600. The molecule has 1 aromatic rings. The molecule has 0 unspecified atom stereocenters. The van der Waals surface area contributed by atoms with Crippen molar-refractivity contribution in [1.82, 2.24) is 0 Å². The summed E-state index contributed by atoms with van der Waals surface area (Å²) in [5, 5.41) is 0.369. The van der Waals surface area contributed by atoms with E-state index in [1.807, 2.05) is 0 Å². The maximum absolute atomic E-state index is 11.4. The predicted octanol–water partition coefficient (Wildman–Crippen LogP) is 2.44. The highest BCUT2D eigenvalue weighted by atomic mass is 79.9. The summed E-state index contributed by atoms with van der Waals surface area (Å²) in [7, 11) is 0. The lowest BCUT2D eigenvalue weighted by Gasteiger charge is -2.02. The lowest BCUT2D eigenvalue weighted by Crippen LogP contribution is -2.10. The Bertz CT molecular complexity index is 326. The van der Waals surface area contributed by atoms with Gasteiger partial charge in [0.05, 0.1) is 10.7 Å². The number of halogens is 2. The molecule has 0 amide bonds. The molecular formula is C10H6Br2O2. The molecule has 0 N–H and O–H groups in total. The second-order valence-corrected chi connectivity index (χ2v) is 3.61. The zero-order valence-corrected chi connectivity index (χ0v) is 10.3. The minimum absolute atomic E-state index is 0.161. The SMILES string of the molecule is O=C(CBr)c1[c]cc[c]c1C(=O)CBr. The fourth-order valence-electron chi connectivity index (χ4n) is 0.968. The fraction of sp³-hybridized carbons (Fsp3) is 0.200. The van der Waals surface area contributed by atoms with E-state index in [-0.39, 0.29) is 22.2 Å². The molecule has 1 rings (SSSR count). The normalized spacial score (nSPS) is 9.86. The zero-order valence-electron chi connectivity index (χ0n) is 7.14. The molecule has 0 aliphatic heterocycles. The van der Waals surface area contributed by atoms with Gasteiger partial charge in [-0.2, -0.15) is 0 Å². The van der Waals surface area contributed by atoms with Gasteiger partial charge in [-0.1, -0.05) is 44.0 Å². The molecule has 0 fully saturated rings. The number of ketones is 2. The van der Waals surface area contributed by atoms with E-state index in [1.165, 1.54) is 0 Å². The van der Waals surface area contributed by atoms with Gasteiger partial charge in [0.1, 0.15) is 0 Å². The van der Waals surface area contributed by atoms with Crippen molar-refractivity contribution in [3.05, 3.63) is 35.4 Å². The van der Waals surface area contributed by atoms with Crippen molar-refractivity contribution in [2.45, 2.75) is 0 Å². The summed E-state index contributed by atoms with van der Waals surface area (Å²) in [6, 6.07) is 8.64. The van der Waals surface area contributed by atoms with Crippen molar-refractivity contribution in [1.29, 1.82) is 0 Å². The van der Waals surface area contributed by atoms with Gasteiger partial charge in [-0.3, -0.25) is 9.59 Å². The molecule has 0 heterocycles. The van der Waals surface area contributed by atoms with Crippen LogP contribution in [0.25, 0.3) is 0 Å². The fourth-order valence-corrected chi connectivity index (χ4v) is 1.53. The maximum Gasteiger partial charge on any atom is 0.174 e. The molecule has 0 saturated heterocycles. The summed E-state index contributed by atoms with van der Waals surface area (Å²) in [6.07, 6.45) is 0. The average Bonchev–Trinajstić information content (AvgIpc) is 2.27. The van der Waals surface area contributed by atoms with Crippen LogP contribution in [0.3, 0.4) is 0 Å². The Labute approximate surface area is 98.9 Å². The highest BCUT2D eigenvalue weighted by Gasteiger charge is 2.14. The van der Waals surface area contributed by atoms with Crippen LogP contribution in [0.5, 0.6) is 0 Å². The first-order chi connectivity index (χ1) is 6.70. The van der Waals surface area contributed by atoms with Crippen LogP contribution >= 0.6 is 31.9 Å². The van der Waals surface area contributed by atoms with Crippen LogP contribution in [-0.2, 0) is 0 Å². The topological polar surface area (TPSA) is 34.1 Å². The summed E-state index contributed by atoms with van der Waals surface area (Å²) in [6.45, 7) is 0. The van der Waals surface area contributed by atoms with Gasteiger partial charge in [0.25, 0.3) is 0 Å². The second kappa shape index (κ2) is 5.41. The Kier molecular flexibility index (Phi) is 4.48. The summed E-state index contributed by atoms with van der Waals surface area (Å²) in [4.78, 5) is 22.8. The molecule has 0 atom stereocenters. The Morgan fingerprint density at radius 3 is 1.64 bits per heavy atom. The van der Waals surface area contributed by atoms with Gasteiger partial charge in [0.2, 0.25) is 0 Å². The van der Waals surface area contributed by atoms with Gasteiger partial charge in [0.15, 0.2) is 11.6 Å². The van der Waals surface area contributed by atoms with E-state index in [1.54, 1.807) is 12.1 Å². The van der Waals surface area contributed by atoms with E-state index in [0.29, 0.717) is 11.1 Å². The highest BCUT2D eigenvalue weighted by molar-refractivity contribution is 9.09. The smallest absolute Gasteiger partial charge is 0.174 e. The van der Waals surface area contributed by atoms with Crippen LogP contribution in [0.15, 0.2) is 12.1 Å². The number of Topliss-reactive ketones (excluding diaryl/α,β-unsaturated/α-hetero) is 2. The standard InChI is InChI=1S/C10H6Br2O2/c11-5-9(13)7-3-1-2-4-8(7)10(14)6-12/h1-2H,5-6H2. The lowest BCUT2D eigenvalue weighted by molar-refractivity contribution is 0.0987. The molecule has 1 aromatic carbocycles. The highest BCUT2D eigenvalue weighted by Crippen LogP contribution is 2.11. The van der Waals surface area contributed by atoms with Crippen molar-refractivity contribution in [2.75, 3.05) is 10.7 Å². The molecule has 0 bridgehead atoms. The van der Waals surface area contributed by atoms with Gasteiger partial charge in [-0.15, -0.1) is 0 Å². The van der Waals surface area contributed by atoms with Crippen molar-refractivity contribution < 1.29 is 9.59 Å². The first-order valence-electron chi connectivity index (χ1n) is 3.81. The number of hydrogen-bond acceptors (Lipinski definition) is 2. The number of carbonyl (C=O) groups is 2. The second-order valence-electron chi connectivity index (χ2n) is 2.49. The van der Waals surface area contributed by atoms with Crippen LogP contribution in [0.4, 0.5) is 0 Å². The minimum Gasteiger partial charge on any atom is -0.293 e. The molecule has 0 spiro atoms. The first-order valence-corrected chi connectivity index (χ1v) is 6.05. The van der Waals surface area contributed by atoms with Crippen molar-refractivity contribution in [3.63, 3.8) is 0 Å². The number of benzene rings is 1. The quantitative estimate of drug-likeness (QED) is 0.631. The molecule has 2 radical (unpaired) electrons. The Morgan fingerprint density at radius 1 is 1.00 bits per heavy atom. The number of carbonyl (C=O) groups excluding carboxylic acids is 2. The van der Waals surface area contributed by atoms with Gasteiger partial charge in [0, 0.05) is 11.1 Å². The van der Waals surface area contributed by atoms with Crippen LogP contribution < -0.4 is 0 Å². The third-order valence-electron chi connectivity index (χ3n) is 1.59. The molecule has 0 aliphatic carbocycles. The van der Waals surface area contributed by atoms with Gasteiger partial charge in [-0.25, -0.2) is 0 Å². The van der Waals surface area contributed by atoms with E-state index < -0.39 is 0 Å². The molecular weight excluding hydrogens is 312 g/mol. The van der Waals surface area contributed by atoms with E-state index in [2.05, 4.69) is 44.0 Å². The molecule has 72 valence electrons. The molecule has 0 aromatic heterocycles. The number of alkyl halides is 2. The van der Waals surface area contributed by atoms with Crippen LogP contribution in [0.1, 0.15) is 20.7 Å². The van der Waals surface area contributed by atoms with Crippen LogP contribution in [-0.4, -0.2) is 22.2 Å². The summed E-state index contributed by atoms with van der Waals surface area (Å²) in [5.74, 6) is -0.322.